The molecule has 1 aromatic heterocycles. The monoisotopic (exact) mass is 364 g/mol. The first-order chi connectivity index (χ1) is 13.2. The fourth-order valence-corrected chi connectivity index (χ4v) is 4.58. The van der Waals surface area contributed by atoms with Gasteiger partial charge in [0.25, 0.3) is 0 Å². The maximum Gasteiger partial charge on any atom is 0.0702 e. The molecule has 0 amide bonds. The molecule has 2 nitrogen and oxygen atoms in total. The summed E-state index contributed by atoms with van der Waals surface area (Å²) in [5.41, 5.74) is 12.2. The largest absolute Gasteiger partial charge is 0.398 e. The lowest BCUT2D eigenvalue weighted by Gasteiger charge is -2.29. The van der Waals surface area contributed by atoms with Gasteiger partial charge >= 0.3 is 0 Å². The van der Waals surface area contributed by atoms with Crippen LogP contribution in [0, 0.1) is 5.92 Å². The molecule has 0 radical (unpaired) electrons. The molecule has 2 heteroatoms. The summed E-state index contributed by atoms with van der Waals surface area (Å²) in [4.78, 5) is 4.64. The van der Waals surface area contributed by atoms with E-state index in [0.717, 1.165) is 35.7 Å². The van der Waals surface area contributed by atoms with Crippen molar-refractivity contribution in [3.63, 3.8) is 0 Å². The molecule has 146 valence electrons. The van der Waals surface area contributed by atoms with Gasteiger partial charge in [0.15, 0.2) is 0 Å². The molecule has 1 fully saturated rings. The van der Waals surface area contributed by atoms with Crippen molar-refractivity contribution in [3.05, 3.63) is 47.7 Å². The maximum absolute atomic E-state index is 6.47. The number of aryl methyl sites for hydroxylation is 1. The summed E-state index contributed by atoms with van der Waals surface area (Å²) in [6.07, 6.45) is 15.1. The van der Waals surface area contributed by atoms with Gasteiger partial charge < -0.3 is 5.73 Å². The molecular formula is C25H36N2. The van der Waals surface area contributed by atoms with E-state index in [4.69, 9.17) is 5.73 Å². The summed E-state index contributed by atoms with van der Waals surface area (Å²) in [6, 6.07) is 10.9. The Hall–Kier alpha value is -1.83. The Morgan fingerprint density at radius 3 is 2.41 bits per heavy atom. The molecule has 1 aromatic carbocycles. The predicted molar refractivity (Wildman–Crippen MR) is 117 cm³/mol. The SMILES string of the molecule is CCCCCC1CCC(c2ccc(-c3ccc(CCC)cn3)cc2N)CC1. The number of hydrogen-bond donors (Lipinski definition) is 1. The van der Waals surface area contributed by atoms with Gasteiger partial charge in [0.1, 0.15) is 0 Å². The van der Waals surface area contributed by atoms with Gasteiger partial charge in [-0.2, -0.15) is 0 Å². The van der Waals surface area contributed by atoms with Crippen LogP contribution in [0.3, 0.4) is 0 Å². The topological polar surface area (TPSA) is 38.9 Å². The molecule has 0 unspecified atom stereocenters. The summed E-state index contributed by atoms with van der Waals surface area (Å²) in [5.74, 6) is 1.58. The lowest BCUT2D eigenvalue weighted by Crippen LogP contribution is -2.14. The predicted octanol–water partition coefficient (Wildman–Crippen LogP) is 7.14. The molecule has 2 aromatic rings. The van der Waals surface area contributed by atoms with Crippen molar-refractivity contribution in [2.75, 3.05) is 5.73 Å². The van der Waals surface area contributed by atoms with E-state index >= 15 is 0 Å². The van der Waals surface area contributed by atoms with Crippen LogP contribution in [0.4, 0.5) is 5.69 Å². The van der Waals surface area contributed by atoms with Gasteiger partial charge in [0.2, 0.25) is 0 Å². The molecule has 1 aliphatic rings. The van der Waals surface area contributed by atoms with Gasteiger partial charge in [-0.1, -0.05) is 64.2 Å². The zero-order chi connectivity index (χ0) is 19.1. The normalized spacial score (nSPS) is 19.9. The lowest BCUT2D eigenvalue weighted by atomic mass is 9.76. The first-order valence-electron chi connectivity index (χ1n) is 11.1. The Balaban J connectivity index is 1.62. The Bertz CT molecular complexity index is 697. The van der Waals surface area contributed by atoms with Crippen molar-refractivity contribution < 1.29 is 0 Å². The maximum atomic E-state index is 6.47. The third-order valence-corrected chi connectivity index (χ3v) is 6.25. The minimum atomic E-state index is 0.640. The highest BCUT2D eigenvalue weighted by atomic mass is 14.7. The summed E-state index contributed by atoms with van der Waals surface area (Å²) in [7, 11) is 0. The van der Waals surface area contributed by atoms with Gasteiger partial charge in [-0.3, -0.25) is 4.98 Å². The number of pyridine rings is 1. The van der Waals surface area contributed by atoms with Crippen LogP contribution in [-0.2, 0) is 6.42 Å². The van der Waals surface area contributed by atoms with Crippen molar-refractivity contribution in [2.45, 2.75) is 84.0 Å². The fraction of sp³-hybridized carbons (Fsp3) is 0.560. The minimum Gasteiger partial charge on any atom is -0.398 e. The Kier molecular flexibility index (Phi) is 7.32. The number of nitrogens with zero attached hydrogens (tertiary/aromatic N) is 1. The Labute approximate surface area is 165 Å². The van der Waals surface area contributed by atoms with Crippen LogP contribution in [0.5, 0.6) is 0 Å². The molecule has 0 bridgehead atoms. The number of aromatic nitrogens is 1. The standard InChI is InChI=1S/C25H36N2/c1-3-5-6-8-19-9-12-21(13-10-19)23-15-14-22(17-24(23)26)25-16-11-20(7-4-2)18-27-25/h11,14-19,21H,3-10,12-13,26H2,1-2H3. The van der Waals surface area contributed by atoms with Gasteiger partial charge in [-0.25, -0.2) is 0 Å². The summed E-state index contributed by atoms with van der Waals surface area (Å²) < 4.78 is 0. The quantitative estimate of drug-likeness (QED) is 0.399. The van der Waals surface area contributed by atoms with Crippen LogP contribution in [0.25, 0.3) is 11.3 Å². The number of nitrogen functional groups attached to an aromatic ring is 1. The first-order valence-corrected chi connectivity index (χ1v) is 11.1. The van der Waals surface area contributed by atoms with E-state index in [0.29, 0.717) is 5.92 Å². The third kappa shape index (κ3) is 5.34. The second-order valence-corrected chi connectivity index (χ2v) is 8.36. The van der Waals surface area contributed by atoms with Crippen LogP contribution in [0.15, 0.2) is 36.5 Å². The second kappa shape index (κ2) is 9.92. The molecule has 0 spiro atoms. The van der Waals surface area contributed by atoms with E-state index in [1.807, 2.05) is 6.20 Å². The highest BCUT2D eigenvalue weighted by molar-refractivity contribution is 5.66. The molecule has 1 heterocycles. The van der Waals surface area contributed by atoms with E-state index in [-0.39, 0.29) is 0 Å². The molecule has 1 saturated carbocycles. The van der Waals surface area contributed by atoms with E-state index < -0.39 is 0 Å². The van der Waals surface area contributed by atoms with E-state index in [1.54, 1.807) is 0 Å². The van der Waals surface area contributed by atoms with Crippen molar-refractivity contribution in [2.24, 2.45) is 5.92 Å². The van der Waals surface area contributed by atoms with Gasteiger partial charge in [0, 0.05) is 17.4 Å². The van der Waals surface area contributed by atoms with Crippen LogP contribution < -0.4 is 5.73 Å². The zero-order valence-corrected chi connectivity index (χ0v) is 17.2. The average Bonchev–Trinajstić information content (AvgIpc) is 2.70. The third-order valence-electron chi connectivity index (χ3n) is 6.25. The van der Waals surface area contributed by atoms with Crippen molar-refractivity contribution in [1.82, 2.24) is 4.98 Å². The van der Waals surface area contributed by atoms with Gasteiger partial charge in [0.05, 0.1) is 5.69 Å². The van der Waals surface area contributed by atoms with E-state index in [1.165, 1.54) is 62.5 Å². The molecule has 0 atom stereocenters. The summed E-state index contributed by atoms with van der Waals surface area (Å²) in [5, 5.41) is 0. The highest BCUT2D eigenvalue weighted by Gasteiger charge is 2.23. The summed E-state index contributed by atoms with van der Waals surface area (Å²) >= 11 is 0. The smallest absolute Gasteiger partial charge is 0.0702 e. The van der Waals surface area contributed by atoms with E-state index in [9.17, 15) is 0 Å². The number of anilines is 1. The summed E-state index contributed by atoms with van der Waals surface area (Å²) in [6.45, 7) is 4.49. The molecule has 0 saturated heterocycles. The molecule has 27 heavy (non-hydrogen) atoms. The lowest BCUT2D eigenvalue weighted by molar-refractivity contribution is 0.303. The number of unbranched alkanes of at least 4 members (excludes halogenated alkanes) is 2. The van der Waals surface area contributed by atoms with Crippen LogP contribution >= 0.6 is 0 Å². The first kappa shape index (κ1) is 19.9. The van der Waals surface area contributed by atoms with Crippen LogP contribution in [0.2, 0.25) is 0 Å². The van der Waals surface area contributed by atoms with Gasteiger partial charge in [-0.15, -0.1) is 0 Å². The molecule has 3 rings (SSSR count). The van der Waals surface area contributed by atoms with Crippen LogP contribution in [-0.4, -0.2) is 4.98 Å². The second-order valence-electron chi connectivity index (χ2n) is 8.36. The molecule has 1 aliphatic carbocycles. The number of hydrogen-bond acceptors (Lipinski definition) is 2. The number of nitrogens with two attached hydrogens (primary N) is 1. The number of benzene rings is 1. The highest BCUT2D eigenvalue weighted by Crippen LogP contribution is 2.40. The molecule has 2 N–H and O–H groups in total. The van der Waals surface area contributed by atoms with Crippen molar-refractivity contribution >= 4 is 5.69 Å². The average molecular weight is 365 g/mol. The van der Waals surface area contributed by atoms with E-state index in [2.05, 4.69) is 49.2 Å². The van der Waals surface area contributed by atoms with Gasteiger partial charge in [-0.05, 0) is 67.2 Å². The minimum absolute atomic E-state index is 0.640. The molecule has 0 aliphatic heterocycles. The fourth-order valence-electron chi connectivity index (χ4n) is 4.58. The van der Waals surface area contributed by atoms with Crippen molar-refractivity contribution in [3.8, 4) is 11.3 Å². The van der Waals surface area contributed by atoms with Crippen molar-refractivity contribution in [1.29, 1.82) is 0 Å². The Morgan fingerprint density at radius 2 is 1.78 bits per heavy atom. The zero-order valence-electron chi connectivity index (χ0n) is 17.2. The number of rotatable bonds is 8. The Morgan fingerprint density at radius 1 is 0.963 bits per heavy atom. The molecular weight excluding hydrogens is 328 g/mol. The van der Waals surface area contributed by atoms with Crippen LogP contribution in [0.1, 0.15) is 88.7 Å².